The molecule has 11 aromatic rings. The van der Waals surface area contributed by atoms with Crippen molar-refractivity contribution in [3.8, 4) is 56.0 Å². The van der Waals surface area contributed by atoms with Crippen LogP contribution in [0.15, 0.2) is 236 Å². The van der Waals surface area contributed by atoms with Crippen molar-refractivity contribution in [2.45, 2.75) is 73.1 Å². The van der Waals surface area contributed by atoms with Crippen LogP contribution in [0.5, 0.6) is 11.5 Å². The van der Waals surface area contributed by atoms with E-state index in [1.54, 1.807) is 0 Å². The molecule has 1 spiro atoms. The first-order valence-electron chi connectivity index (χ1n) is 34.6. The van der Waals surface area contributed by atoms with Gasteiger partial charge in [-0.25, -0.2) is 4.98 Å². The first-order chi connectivity index (χ1) is 45.5. The fourth-order valence-corrected chi connectivity index (χ4v) is 18.3. The van der Waals surface area contributed by atoms with Gasteiger partial charge in [-0.2, -0.15) is 0 Å². The number of anilines is 7. The van der Waals surface area contributed by atoms with Crippen LogP contribution in [0.1, 0.15) is 87.2 Å². The van der Waals surface area contributed by atoms with E-state index in [2.05, 4.69) is 138 Å². The molecule has 3 aliphatic heterocycles. The number of ether oxygens (including phenoxy) is 1. The summed E-state index contributed by atoms with van der Waals surface area (Å²) in [6.45, 7) is 14.8. The van der Waals surface area contributed by atoms with E-state index in [1.807, 2.05) is 95.9 Å². The number of nitrogens with zero attached hydrogens (tertiary/aromatic N) is 4. The van der Waals surface area contributed by atoms with Crippen LogP contribution < -0.4 is 40.2 Å². The molecule has 0 fully saturated rings. The summed E-state index contributed by atoms with van der Waals surface area (Å²) in [5.41, 5.74) is 12.6. The van der Waals surface area contributed by atoms with Gasteiger partial charge in [-0.1, -0.05) is 228 Å². The topological polar surface area (TPSA) is 31.8 Å². The average Bonchev–Trinajstić information content (AvgIpc) is 1.45. The Kier molecular flexibility index (Phi) is 9.34. The molecule has 83 heavy (non-hydrogen) atoms. The van der Waals surface area contributed by atoms with Gasteiger partial charge in [0.05, 0.1) is 36.5 Å². The zero-order chi connectivity index (χ0) is 68.1. The SMILES string of the molecule is [2H]c1c([2H])c([2H])c(-c2cnc(N3c4ccccc4[Si]4(c5cc(C)ccc5-c5ccc(C)cc54)c4ccc(Oc5cccc(N6CN(c7c(-c8cc(C(C)(C)C)cc(C(C)(C)C)c8)cccc7-c7c([2H])c([2H])c([2H])c([2H])c7[2H])c7ccccc76)c5)cc43)cc2C([2H])([2H])[2H])c([2H])c1[2H]. The van der Waals surface area contributed by atoms with E-state index < -0.39 is 63.3 Å². The van der Waals surface area contributed by atoms with Crippen LogP contribution in [-0.4, -0.2) is 19.7 Å². The van der Waals surface area contributed by atoms with Crippen molar-refractivity contribution in [1.29, 1.82) is 0 Å². The van der Waals surface area contributed by atoms with Crippen molar-refractivity contribution >= 4 is 68.8 Å². The van der Waals surface area contributed by atoms with E-state index in [0.717, 1.165) is 77.6 Å². The average molecular weight is 1110 g/mol. The molecule has 1 aromatic heterocycles. The molecule has 0 bridgehead atoms. The number of hydrogen-bond acceptors (Lipinski definition) is 5. The minimum Gasteiger partial charge on any atom is -0.457 e. The Hall–Kier alpha value is -9.23. The Morgan fingerprint density at radius 3 is 1.67 bits per heavy atom. The van der Waals surface area contributed by atoms with Crippen LogP contribution >= 0.6 is 0 Å². The highest BCUT2D eigenvalue weighted by molar-refractivity contribution is 7.23. The van der Waals surface area contributed by atoms with Gasteiger partial charge in [0.25, 0.3) is 0 Å². The van der Waals surface area contributed by atoms with Crippen LogP contribution in [0, 0.1) is 20.7 Å². The predicted octanol–water partition coefficient (Wildman–Crippen LogP) is 17.8. The summed E-state index contributed by atoms with van der Waals surface area (Å²) < 4.78 is 122. The van der Waals surface area contributed by atoms with Crippen molar-refractivity contribution < 1.29 is 22.6 Å². The van der Waals surface area contributed by atoms with Gasteiger partial charge in [0.15, 0.2) is 8.07 Å². The highest BCUT2D eigenvalue weighted by atomic mass is 28.3. The quantitative estimate of drug-likeness (QED) is 0.142. The monoisotopic (exact) mass is 1110 g/mol. The number of pyridine rings is 1. The fraction of sp³-hybridized carbons (Fsp3) is 0.156. The fourth-order valence-electron chi connectivity index (χ4n) is 12.6. The summed E-state index contributed by atoms with van der Waals surface area (Å²) in [6.07, 6.45) is 1.31. The Morgan fingerprint density at radius 2 is 1.04 bits per heavy atom. The van der Waals surface area contributed by atoms with Gasteiger partial charge < -0.3 is 14.5 Å². The largest absolute Gasteiger partial charge is 0.457 e. The second kappa shape index (κ2) is 19.7. The lowest BCUT2D eigenvalue weighted by atomic mass is 9.78. The second-order valence-corrected chi connectivity index (χ2v) is 27.7. The number of benzene rings is 10. The van der Waals surface area contributed by atoms with E-state index >= 15 is 0 Å². The summed E-state index contributed by atoms with van der Waals surface area (Å²) in [4.78, 5) is 11.3. The molecule has 10 aromatic carbocycles. The summed E-state index contributed by atoms with van der Waals surface area (Å²) in [5, 5.41) is 4.48. The lowest BCUT2D eigenvalue weighted by Crippen LogP contribution is -2.75. The molecular weight excluding hydrogens is 1020 g/mol. The van der Waals surface area contributed by atoms with Crippen LogP contribution in [0.4, 0.5) is 39.9 Å². The molecule has 3 aliphatic rings. The van der Waals surface area contributed by atoms with Gasteiger partial charge in [-0.05, 0) is 139 Å². The van der Waals surface area contributed by atoms with E-state index in [4.69, 9.17) is 24.8 Å². The molecule has 0 amide bonds. The Morgan fingerprint density at radius 1 is 0.470 bits per heavy atom. The maximum Gasteiger partial charge on any atom is 0.185 e. The number of para-hydroxylation sites is 4. The molecule has 14 rings (SSSR count). The number of rotatable bonds is 8. The second-order valence-electron chi connectivity index (χ2n) is 24.1. The minimum absolute atomic E-state index is 0.0957. The van der Waals surface area contributed by atoms with Crippen LogP contribution in [-0.2, 0) is 10.8 Å². The minimum atomic E-state index is -3.29. The van der Waals surface area contributed by atoms with E-state index in [0.29, 0.717) is 28.4 Å². The summed E-state index contributed by atoms with van der Waals surface area (Å²) in [5.74, 6) is 1.19. The number of fused-ring (bicyclic) bond motifs is 10. The molecular formula is C77H68N4OSi. The third kappa shape index (κ3) is 8.69. The standard InChI is InChI=1S/C77H68N4OSi/c1-50-34-37-63-64-38-35-51(2)41-73(64)83(72(63)40-50)70-33-19-18-32-68(70)81(74-42-52(3)65(48-78-74)54-24-14-11-15-25-54)69-47-60(36-39-71(69)83)82-59-27-20-26-58(46-59)79-49-80(67-31-17-16-30-66(67)79)75-61(53-22-12-10-13-23-53)28-21-29-62(75)55-43-56(76(4,5)6)45-57(44-55)77(7,8)9/h10-48H,49H2,1-9H3/i3D3,10D,11D,12D,13D,14D,15D,22D,23D,24D,25D. The highest BCUT2D eigenvalue weighted by Gasteiger charge is 2.54. The van der Waals surface area contributed by atoms with Gasteiger partial charge in [-0.3, -0.25) is 4.90 Å². The van der Waals surface area contributed by atoms with Crippen LogP contribution in [0.2, 0.25) is 0 Å². The third-order valence-corrected chi connectivity index (χ3v) is 21.6. The molecule has 0 saturated heterocycles. The molecule has 4 heterocycles. The summed E-state index contributed by atoms with van der Waals surface area (Å²) in [6, 6.07) is 52.7. The van der Waals surface area contributed by atoms with Crippen LogP contribution in [0.25, 0.3) is 44.5 Å². The van der Waals surface area contributed by atoms with Crippen molar-refractivity contribution in [2.75, 3.05) is 21.4 Å². The van der Waals surface area contributed by atoms with E-state index in [9.17, 15) is 2.74 Å². The maximum absolute atomic E-state index is 9.37. The third-order valence-electron chi connectivity index (χ3n) is 16.7. The van der Waals surface area contributed by atoms with Crippen molar-refractivity contribution in [1.82, 2.24) is 4.98 Å². The predicted molar refractivity (Wildman–Crippen MR) is 352 cm³/mol. The molecule has 0 atom stereocenters. The molecule has 5 nitrogen and oxygen atoms in total. The van der Waals surface area contributed by atoms with E-state index in [1.165, 1.54) is 22.6 Å². The number of hydrogen-bond donors (Lipinski definition) is 0. The number of aryl methyl sites for hydroxylation is 3. The summed E-state index contributed by atoms with van der Waals surface area (Å²) >= 11 is 0. The van der Waals surface area contributed by atoms with Gasteiger partial charge in [0.1, 0.15) is 24.0 Å². The molecule has 0 radical (unpaired) electrons. The van der Waals surface area contributed by atoms with Crippen molar-refractivity contribution in [3.63, 3.8) is 0 Å². The Balaban J connectivity index is 0.930. The molecule has 0 N–H and O–H groups in total. The van der Waals surface area contributed by atoms with Gasteiger partial charge >= 0.3 is 0 Å². The Bertz CT molecular complexity index is 4970. The zero-order valence-corrected chi connectivity index (χ0v) is 48.6. The first-order valence-corrected chi connectivity index (χ1v) is 30.1. The highest BCUT2D eigenvalue weighted by Crippen LogP contribution is 2.52. The van der Waals surface area contributed by atoms with Crippen molar-refractivity contribution in [3.05, 3.63) is 264 Å². The smallest absolute Gasteiger partial charge is 0.185 e. The molecule has 406 valence electrons. The van der Waals surface area contributed by atoms with Crippen molar-refractivity contribution in [2.24, 2.45) is 0 Å². The zero-order valence-electron chi connectivity index (χ0n) is 60.6. The molecule has 0 saturated carbocycles. The molecule has 0 unspecified atom stereocenters. The molecule has 0 aliphatic carbocycles. The lowest BCUT2D eigenvalue weighted by Gasteiger charge is -2.43. The van der Waals surface area contributed by atoms with Gasteiger partial charge in [0, 0.05) is 50.5 Å². The maximum atomic E-state index is 9.37. The van der Waals surface area contributed by atoms with Crippen LogP contribution in [0.3, 0.4) is 0 Å². The summed E-state index contributed by atoms with van der Waals surface area (Å²) in [7, 11) is -3.29. The first kappa shape index (κ1) is 39.2. The van der Waals surface area contributed by atoms with E-state index in [-0.39, 0.29) is 57.7 Å². The van der Waals surface area contributed by atoms with Gasteiger partial charge in [0.2, 0.25) is 0 Å². The van der Waals surface area contributed by atoms with Gasteiger partial charge in [-0.15, -0.1) is 0 Å². The molecule has 6 heteroatoms. The normalized spacial score (nSPS) is 16.2. The lowest BCUT2D eigenvalue weighted by molar-refractivity contribution is 0.483. The number of aromatic nitrogens is 1. The Labute approximate surface area is 509 Å².